The van der Waals surface area contributed by atoms with Crippen molar-refractivity contribution < 1.29 is 14.7 Å². The Morgan fingerprint density at radius 1 is 1.00 bits per heavy atom. The van der Waals surface area contributed by atoms with Crippen LogP contribution in [0.3, 0.4) is 0 Å². The zero-order valence-corrected chi connectivity index (χ0v) is 22.3. The Balaban J connectivity index is 1.53. The van der Waals surface area contributed by atoms with E-state index < -0.39 is 6.23 Å². The summed E-state index contributed by atoms with van der Waals surface area (Å²) in [5.41, 5.74) is 0. The van der Waals surface area contributed by atoms with Crippen LogP contribution in [0.1, 0.15) is 79.1 Å². The maximum atomic E-state index is 13.7. The van der Waals surface area contributed by atoms with Crippen LogP contribution in [0.25, 0.3) is 0 Å². The van der Waals surface area contributed by atoms with Gasteiger partial charge in [-0.3, -0.25) is 14.5 Å². The van der Waals surface area contributed by atoms with E-state index in [4.69, 9.17) is 0 Å². The molecule has 0 aromatic heterocycles. The van der Waals surface area contributed by atoms with Gasteiger partial charge in [0.05, 0.1) is 6.04 Å². The van der Waals surface area contributed by atoms with Gasteiger partial charge in [0, 0.05) is 52.2 Å². The van der Waals surface area contributed by atoms with Gasteiger partial charge in [0.15, 0.2) is 0 Å². The van der Waals surface area contributed by atoms with Gasteiger partial charge in [-0.15, -0.1) is 0 Å². The molecule has 196 valence electrons. The van der Waals surface area contributed by atoms with Crippen molar-refractivity contribution in [3.8, 4) is 0 Å². The van der Waals surface area contributed by atoms with Gasteiger partial charge in [-0.1, -0.05) is 40.5 Å². The smallest absolute Gasteiger partial charge is 0.240 e. The molecule has 3 aliphatic rings. The number of rotatable bonds is 11. The van der Waals surface area contributed by atoms with Crippen molar-refractivity contribution >= 4 is 11.8 Å². The van der Waals surface area contributed by atoms with Crippen LogP contribution >= 0.6 is 0 Å². The Morgan fingerprint density at radius 3 is 2.26 bits per heavy atom. The number of nitrogens with one attached hydrogen (secondary N) is 1. The van der Waals surface area contributed by atoms with Gasteiger partial charge in [-0.2, -0.15) is 0 Å². The second-order valence-corrected chi connectivity index (χ2v) is 12.0. The average Bonchev–Trinajstić information content (AvgIpc) is 3.61. The minimum Gasteiger partial charge on any atom is -0.377 e. The van der Waals surface area contributed by atoms with E-state index in [-0.39, 0.29) is 23.9 Å². The lowest BCUT2D eigenvalue weighted by Crippen LogP contribution is -2.64. The number of likely N-dealkylation sites (tertiary alicyclic amines) is 1. The Kier molecular flexibility index (Phi) is 10.2. The van der Waals surface area contributed by atoms with Gasteiger partial charge in [0.1, 0.15) is 6.23 Å². The number of hydrogen-bond acceptors (Lipinski definition) is 5. The van der Waals surface area contributed by atoms with Crippen molar-refractivity contribution in [2.45, 2.75) is 97.4 Å². The van der Waals surface area contributed by atoms with E-state index in [1.807, 2.05) is 16.8 Å². The van der Waals surface area contributed by atoms with Crippen molar-refractivity contribution in [3.05, 3.63) is 0 Å². The lowest BCUT2D eigenvalue weighted by molar-refractivity contribution is -0.148. The lowest BCUT2D eigenvalue weighted by Gasteiger charge is -2.45. The molecule has 1 saturated carbocycles. The largest absolute Gasteiger partial charge is 0.377 e. The first kappa shape index (κ1) is 27.4. The van der Waals surface area contributed by atoms with E-state index in [0.29, 0.717) is 30.7 Å². The van der Waals surface area contributed by atoms with E-state index in [1.54, 1.807) is 0 Å². The molecular weight excluding hydrogens is 428 g/mol. The molecule has 0 bridgehead atoms. The predicted octanol–water partition coefficient (Wildman–Crippen LogP) is 2.93. The van der Waals surface area contributed by atoms with Crippen LogP contribution in [0.4, 0.5) is 0 Å². The number of carbonyl (C=O) groups excluding carboxylic acids is 2. The summed E-state index contributed by atoms with van der Waals surface area (Å²) in [6, 6.07) is -0.202. The molecule has 7 heteroatoms. The highest BCUT2D eigenvalue weighted by molar-refractivity contribution is 5.82. The van der Waals surface area contributed by atoms with Crippen LogP contribution in [0.5, 0.6) is 0 Å². The third-order valence-electron chi connectivity index (χ3n) is 8.00. The number of nitrogens with zero attached hydrogens (tertiary/aromatic N) is 3. The van der Waals surface area contributed by atoms with Gasteiger partial charge >= 0.3 is 0 Å². The van der Waals surface area contributed by atoms with Crippen molar-refractivity contribution in [1.82, 2.24) is 20.0 Å². The molecule has 2 N–H and O–H groups in total. The van der Waals surface area contributed by atoms with Crippen molar-refractivity contribution in [2.75, 3.05) is 39.8 Å². The summed E-state index contributed by atoms with van der Waals surface area (Å²) in [4.78, 5) is 32.3. The molecule has 0 aromatic carbocycles. The first-order chi connectivity index (χ1) is 16.2. The minimum absolute atomic E-state index is 0.0631. The molecule has 0 radical (unpaired) electrons. The fraction of sp³-hybridized carbons (Fsp3) is 0.926. The van der Waals surface area contributed by atoms with Gasteiger partial charge < -0.3 is 20.2 Å². The summed E-state index contributed by atoms with van der Waals surface area (Å²) < 4.78 is 0. The standard InChI is InChI=1S/C27H50N4O3/c1-19(2)8-12-29(5)25(32)18-22-9-13-30(14-10-22)27(34)24(16-20(3)4)31-15-11-28-23(26(31)33)17-21-6-7-21/h19-24,26,28,33H,6-18H2,1-5H3/t23-,24-,26?/m0/s1. The molecule has 7 nitrogen and oxygen atoms in total. The van der Waals surface area contributed by atoms with E-state index in [9.17, 15) is 14.7 Å². The zero-order valence-electron chi connectivity index (χ0n) is 22.3. The number of aliphatic hydroxyl groups is 1. The number of amides is 2. The molecule has 1 aliphatic carbocycles. The van der Waals surface area contributed by atoms with E-state index >= 15 is 0 Å². The Bertz CT molecular complexity index is 658. The zero-order chi connectivity index (χ0) is 24.8. The van der Waals surface area contributed by atoms with Crippen molar-refractivity contribution in [3.63, 3.8) is 0 Å². The first-order valence-corrected chi connectivity index (χ1v) is 13.9. The molecule has 3 rings (SSSR count). The maximum Gasteiger partial charge on any atom is 0.240 e. The number of carbonyl (C=O) groups is 2. The van der Waals surface area contributed by atoms with Gasteiger partial charge in [-0.25, -0.2) is 0 Å². The molecule has 0 aromatic rings. The van der Waals surface area contributed by atoms with Gasteiger partial charge in [0.25, 0.3) is 0 Å². The second-order valence-electron chi connectivity index (χ2n) is 12.0. The summed E-state index contributed by atoms with van der Waals surface area (Å²) in [5, 5.41) is 14.7. The minimum atomic E-state index is -0.599. The highest BCUT2D eigenvalue weighted by atomic mass is 16.3. The average molecular weight is 479 g/mol. The second kappa shape index (κ2) is 12.7. The van der Waals surface area contributed by atoms with Gasteiger partial charge in [-0.05, 0) is 55.8 Å². The quantitative estimate of drug-likeness (QED) is 0.478. The Labute approximate surface area is 207 Å². The molecule has 0 spiro atoms. The predicted molar refractivity (Wildman–Crippen MR) is 136 cm³/mol. The monoisotopic (exact) mass is 478 g/mol. The summed E-state index contributed by atoms with van der Waals surface area (Å²) in [5.74, 6) is 2.47. The number of aliphatic hydroxyl groups excluding tert-OH is 1. The van der Waals surface area contributed by atoms with Crippen LogP contribution in [0, 0.1) is 23.7 Å². The molecule has 3 fully saturated rings. The third kappa shape index (κ3) is 7.92. The Hall–Kier alpha value is -1.18. The number of hydrogen-bond donors (Lipinski definition) is 2. The first-order valence-electron chi connectivity index (χ1n) is 13.9. The topological polar surface area (TPSA) is 76.1 Å². The third-order valence-corrected chi connectivity index (χ3v) is 8.00. The number of piperazine rings is 1. The summed E-state index contributed by atoms with van der Waals surface area (Å²) in [6.07, 6.45) is 7.11. The molecule has 2 heterocycles. The fourth-order valence-electron chi connectivity index (χ4n) is 5.48. The fourth-order valence-corrected chi connectivity index (χ4v) is 5.48. The molecule has 2 amide bonds. The molecule has 2 aliphatic heterocycles. The van der Waals surface area contributed by atoms with Gasteiger partial charge in [0.2, 0.25) is 11.8 Å². The Morgan fingerprint density at radius 2 is 1.68 bits per heavy atom. The molecule has 34 heavy (non-hydrogen) atoms. The summed E-state index contributed by atoms with van der Waals surface area (Å²) in [7, 11) is 1.91. The molecule has 2 saturated heterocycles. The molecular formula is C27H50N4O3. The van der Waals surface area contributed by atoms with Crippen LogP contribution < -0.4 is 5.32 Å². The highest BCUT2D eigenvalue weighted by Crippen LogP contribution is 2.35. The van der Waals surface area contributed by atoms with E-state index in [0.717, 1.165) is 64.2 Å². The van der Waals surface area contributed by atoms with Crippen molar-refractivity contribution in [1.29, 1.82) is 0 Å². The van der Waals surface area contributed by atoms with Crippen LogP contribution in [-0.2, 0) is 9.59 Å². The van der Waals surface area contributed by atoms with Crippen molar-refractivity contribution in [2.24, 2.45) is 23.7 Å². The number of piperidine rings is 1. The van der Waals surface area contributed by atoms with Crippen LogP contribution in [0.15, 0.2) is 0 Å². The lowest BCUT2D eigenvalue weighted by atomic mass is 9.91. The normalized spacial score (nSPS) is 25.7. The SMILES string of the molecule is CC(C)CCN(C)C(=O)CC1CCN(C(=O)[C@H](CC(C)C)N2CCN[C@@H](CC3CC3)C2O)CC1. The maximum absolute atomic E-state index is 13.7. The highest BCUT2D eigenvalue weighted by Gasteiger charge is 2.41. The summed E-state index contributed by atoms with van der Waals surface area (Å²) in [6.45, 7) is 12.5. The van der Waals surface area contributed by atoms with Crippen LogP contribution in [-0.4, -0.2) is 89.7 Å². The van der Waals surface area contributed by atoms with E-state index in [1.165, 1.54) is 12.8 Å². The summed E-state index contributed by atoms with van der Waals surface area (Å²) >= 11 is 0. The molecule has 1 unspecified atom stereocenters. The van der Waals surface area contributed by atoms with Crippen LogP contribution in [0.2, 0.25) is 0 Å². The van der Waals surface area contributed by atoms with E-state index in [2.05, 4.69) is 37.9 Å². The molecule has 3 atom stereocenters.